The molecule has 3 unspecified atom stereocenters. The molecule has 1 saturated carbocycles. The maximum atomic E-state index is 12.2. The van der Waals surface area contributed by atoms with E-state index in [0.717, 1.165) is 49.3 Å². The van der Waals surface area contributed by atoms with Crippen molar-refractivity contribution in [3.63, 3.8) is 0 Å². The number of guanidine groups is 1. The highest BCUT2D eigenvalue weighted by Gasteiger charge is 2.26. The fourth-order valence-corrected chi connectivity index (χ4v) is 5.65. The zero-order valence-electron chi connectivity index (χ0n) is 18.0. The molecule has 0 aliphatic heterocycles. The molecule has 1 aliphatic carbocycles. The molecule has 1 aliphatic rings. The summed E-state index contributed by atoms with van der Waals surface area (Å²) in [7, 11) is -2.63. The van der Waals surface area contributed by atoms with Crippen LogP contribution in [0.3, 0.4) is 0 Å². The van der Waals surface area contributed by atoms with Crippen molar-refractivity contribution in [1.82, 2.24) is 15.4 Å². The van der Waals surface area contributed by atoms with Crippen LogP contribution in [0.25, 0.3) is 0 Å². The summed E-state index contributed by atoms with van der Waals surface area (Å²) in [6.07, 6.45) is 4.07. The predicted molar refractivity (Wildman–Crippen MR) is 136 cm³/mol. The third-order valence-corrected chi connectivity index (χ3v) is 8.12. The summed E-state index contributed by atoms with van der Waals surface area (Å²) in [5.74, 6) is 1.41. The van der Waals surface area contributed by atoms with Gasteiger partial charge >= 0.3 is 0 Å². The molecule has 0 radical (unpaired) electrons. The Morgan fingerprint density at radius 1 is 1.23 bits per heavy atom. The number of sulfonamides is 1. The Morgan fingerprint density at radius 2 is 1.97 bits per heavy atom. The Hall–Kier alpha value is -0.720. The van der Waals surface area contributed by atoms with Crippen molar-refractivity contribution in [2.75, 3.05) is 19.3 Å². The molecule has 0 spiro atoms. The Balaban J connectivity index is 0.00000450. The van der Waals surface area contributed by atoms with Gasteiger partial charge in [0.25, 0.3) is 0 Å². The second-order valence-electron chi connectivity index (χ2n) is 7.28. The van der Waals surface area contributed by atoms with E-state index in [0.29, 0.717) is 12.3 Å². The standard InChI is InChI=1S/C20H34N4O3S2.HI/c1-4-22-20(24-18-10-7-11-19(13-18)28(25)5-2)23-14-16-8-6-9-17(12-16)15-29(26,27)21-3;/h6,8-9,12,18-19,21H,4-5,7,10-11,13-15H2,1-3H3,(H2,22,23,24);1H. The molecular formula is C20H35IN4O3S2. The van der Waals surface area contributed by atoms with Crippen LogP contribution < -0.4 is 15.4 Å². The van der Waals surface area contributed by atoms with Gasteiger partial charge in [-0.25, -0.2) is 18.1 Å². The third kappa shape index (κ3) is 9.19. The topological polar surface area (TPSA) is 99.7 Å². The molecule has 0 bridgehead atoms. The van der Waals surface area contributed by atoms with Crippen LogP contribution in [0, 0.1) is 0 Å². The van der Waals surface area contributed by atoms with E-state index in [1.807, 2.05) is 38.1 Å². The number of hydrogen-bond acceptors (Lipinski definition) is 4. The second-order valence-corrected chi connectivity index (χ2v) is 11.2. The average Bonchev–Trinajstić information content (AvgIpc) is 2.72. The third-order valence-electron chi connectivity index (χ3n) is 5.05. The largest absolute Gasteiger partial charge is 0.357 e. The number of rotatable bonds is 9. The zero-order valence-corrected chi connectivity index (χ0v) is 22.0. The SMILES string of the molecule is CCNC(=NCc1cccc(CS(=O)(=O)NC)c1)NC1CCCC(S(=O)CC)C1.I. The molecule has 3 N–H and O–H groups in total. The van der Waals surface area contributed by atoms with Gasteiger partial charge in [0.1, 0.15) is 0 Å². The van der Waals surface area contributed by atoms with Gasteiger partial charge in [-0.3, -0.25) is 4.21 Å². The number of benzene rings is 1. The quantitative estimate of drug-likeness (QED) is 0.241. The highest BCUT2D eigenvalue weighted by atomic mass is 127. The minimum absolute atomic E-state index is 0. The molecule has 0 amide bonds. The molecular weight excluding hydrogens is 535 g/mol. The maximum Gasteiger partial charge on any atom is 0.215 e. The monoisotopic (exact) mass is 570 g/mol. The average molecular weight is 571 g/mol. The number of nitrogens with zero attached hydrogens (tertiary/aromatic N) is 1. The van der Waals surface area contributed by atoms with Crippen molar-refractivity contribution in [1.29, 1.82) is 0 Å². The number of hydrogen-bond donors (Lipinski definition) is 3. The molecule has 1 aromatic carbocycles. The minimum Gasteiger partial charge on any atom is -0.357 e. The molecule has 0 heterocycles. The first-order chi connectivity index (χ1) is 13.9. The molecule has 1 aromatic rings. The summed E-state index contributed by atoms with van der Waals surface area (Å²) < 4.78 is 38.1. The van der Waals surface area contributed by atoms with Gasteiger partial charge in [-0.05, 0) is 44.4 Å². The number of nitrogens with one attached hydrogen (secondary N) is 3. The van der Waals surface area contributed by atoms with Crippen LogP contribution in [0.15, 0.2) is 29.3 Å². The van der Waals surface area contributed by atoms with E-state index < -0.39 is 20.8 Å². The first kappa shape index (κ1) is 27.3. The van der Waals surface area contributed by atoms with Crippen LogP contribution in [0.5, 0.6) is 0 Å². The lowest BCUT2D eigenvalue weighted by atomic mass is 9.95. The summed E-state index contributed by atoms with van der Waals surface area (Å²) in [4.78, 5) is 4.68. The lowest BCUT2D eigenvalue weighted by Crippen LogP contribution is -2.46. The summed E-state index contributed by atoms with van der Waals surface area (Å²) in [6, 6.07) is 7.76. The van der Waals surface area contributed by atoms with Crippen molar-refractivity contribution in [3.8, 4) is 0 Å². The smallest absolute Gasteiger partial charge is 0.215 e. The van der Waals surface area contributed by atoms with E-state index in [1.165, 1.54) is 7.05 Å². The van der Waals surface area contributed by atoms with Gasteiger partial charge in [-0.2, -0.15) is 0 Å². The molecule has 3 atom stereocenters. The van der Waals surface area contributed by atoms with Gasteiger partial charge < -0.3 is 10.6 Å². The Kier molecular flexibility index (Phi) is 12.4. The van der Waals surface area contributed by atoms with Crippen LogP contribution >= 0.6 is 24.0 Å². The zero-order chi connectivity index (χ0) is 21.3. The Bertz CT molecular complexity index is 818. The Labute approximate surface area is 200 Å². The van der Waals surface area contributed by atoms with E-state index >= 15 is 0 Å². The lowest BCUT2D eigenvalue weighted by molar-refractivity contribution is 0.413. The van der Waals surface area contributed by atoms with Gasteiger partial charge in [0.2, 0.25) is 10.0 Å². The number of aliphatic imine (C=N–C) groups is 1. The first-order valence-electron chi connectivity index (χ1n) is 10.3. The van der Waals surface area contributed by atoms with E-state index in [1.54, 1.807) is 0 Å². The highest BCUT2D eigenvalue weighted by molar-refractivity contribution is 14.0. The van der Waals surface area contributed by atoms with Crippen LogP contribution in [0.1, 0.15) is 50.7 Å². The molecule has 7 nitrogen and oxygen atoms in total. The van der Waals surface area contributed by atoms with Crippen molar-refractivity contribution in [3.05, 3.63) is 35.4 Å². The van der Waals surface area contributed by atoms with E-state index in [4.69, 9.17) is 0 Å². The van der Waals surface area contributed by atoms with Crippen LogP contribution in [0.4, 0.5) is 0 Å². The van der Waals surface area contributed by atoms with Crippen LogP contribution in [-0.4, -0.2) is 49.2 Å². The summed E-state index contributed by atoms with van der Waals surface area (Å²) >= 11 is 0. The fourth-order valence-electron chi connectivity index (χ4n) is 3.54. The highest BCUT2D eigenvalue weighted by Crippen LogP contribution is 2.23. The van der Waals surface area contributed by atoms with E-state index in [2.05, 4.69) is 20.3 Å². The summed E-state index contributed by atoms with van der Waals surface area (Å²) in [5, 5.41) is 7.04. The van der Waals surface area contributed by atoms with Crippen LogP contribution in [-0.2, 0) is 33.1 Å². The molecule has 0 aromatic heterocycles. The summed E-state index contributed by atoms with van der Waals surface area (Å²) in [6.45, 7) is 5.22. The van der Waals surface area contributed by atoms with Gasteiger partial charge in [0, 0.05) is 34.4 Å². The van der Waals surface area contributed by atoms with E-state index in [9.17, 15) is 12.6 Å². The molecule has 30 heavy (non-hydrogen) atoms. The predicted octanol–water partition coefficient (Wildman–Crippen LogP) is 2.49. The maximum absolute atomic E-state index is 12.2. The van der Waals surface area contributed by atoms with Gasteiger partial charge in [0.15, 0.2) is 5.96 Å². The normalized spacial score (nSPS) is 20.8. The van der Waals surface area contributed by atoms with Crippen molar-refractivity contribution in [2.24, 2.45) is 4.99 Å². The van der Waals surface area contributed by atoms with Crippen LogP contribution in [0.2, 0.25) is 0 Å². The van der Waals surface area contributed by atoms with Crippen molar-refractivity contribution in [2.45, 2.75) is 63.1 Å². The molecule has 172 valence electrons. The Morgan fingerprint density at radius 3 is 2.63 bits per heavy atom. The molecule has 2 rings (SSSR count). The van der Waals surface area contributed by atoms with Crippen molar-refractivity contribution < 1.29 is 12.6 Å². The fraction of sp³-hybridized carbons (Fsp3) is 0.650. The summed E-state index contributed by atoms with van der Waals surface area (Å²) in [5.41, 5.74) is 1.70. The second kappa shape index (κ2) is 13.6. The van der Waals surface area contributed by atoms with Gasteiger partial charge in [0.05, 0.1) is 12.3 Å². The van der Waals surface area contributed by atoms with Gasteiger partial charge in [-0.1, -0.05) is 37.6 Å². The molecule has 10 heteroatoms. The molecule has 0 saturated heterocycles. The minimum atomic E-state index is -3.30. The molecule has 1 fully saturated rings. The number of halogens is 1. The van der Waals surface area contributed by atoms with Gasteiger partial charge in [-0.15, -0.1) is 24.0 Å². The van der Waals surface area contributed by atoms with E-state index in [-0.39, 0.29) is 41.0 Å². The first-order valence-corrected chi connectivity index (χ1v) is 13.3. The lowest BCUT2D eigenvalue weighted by Gasteiger charge is -2.30. The van der Waals surface area contributed by atoms with Crippen molar-refractivity contribution >= 4 is 50.8 Å².